The molecule has 0 saturated carbocycles. The minimum absolute atomic E-state index is 0. The number of carboxylic acids is 2. The average molecular weight is 306 g/mol. The predicted molar refractivity (Wildman–Crippen MR) is 58.8 cm³/mol. The summed E-state index contributed by atoms with van der Waals surface area (Å²) in [4.78, 5) is 20.4. The summed E-state index contributed by atoms with van der Waals surface area (Å²) in [5.74, 6) is -2.83. The second-order valence-corrected chi connectivity index (χ2v) is 4.23. The van der Waals surface area contributed by atoms with E-state index < -0.39 is 33.7 Å². The van der Waals surface area contributed by atoms with E-state index in [4.69, 9.17) is 14.8 Å². The quantitative estimate of drug-likeness (QED) is 0.393. The van der Waals surface area contributed by atoms with Gasteiger partial charge in [0.15, 0.2) is 5.25 Å². The van der Waals surface area contributed by atoms with Crippen molar-refractivity contribution < 1.29 is 32.8 Å². The molecular formula is C6H12K2O7S. The topological polar surface area (TPSA) is 129 Å². The van der Waals surface area contributed by atoms with Crippen molar-refractivity contribution in [3.05, 3.63) is 0 Å². The summed E-state index contributed by atoms with van der Waals surface area (Å²) < 4.78 is 29.4. The van der Waals surface area contributed by atoms with Gasteiger partial charge in [0.05, 0.1) is 0 Å². The number of aliphatic carboxylic acids is 2. The number of rotatable bonds is 6. The van der Waals surface area contributed by atoms with Crippen molar-refractivity contribution >= 4 is 125 Å². The van der Waals surface area contributed by atoms with Crippen LogP contribution in [0.4, 0.5) is 0 Å². The van der Waals surface area contributed by atoms with Crippen molar-refractivity contribution in [3.63, 3.8) is 0 Å². The molecule has 0 fully saturated rings. The van der Waals surface area contributed by atoms with Gasteiger partial charge < -0.3 is 10.2 Å². The second-order valence-electron chi connectivity index (χ2n) is 2.63. The molecule has 0 aliphatic rings. The van der Waals surface area contributed by atoms with E-state index in [2.05, 4.69) is 0 Å². The first-order chi connectivity index (χ1) is 6.25. The Labute approximate surface area is 178 Å². The Bertz CT molecular complexity index is 326. The number of hydrogen-bond acceptors (Lipinski definition) is 4. The zero-order chi connectivity index (χ0) is 11.4. The Hall–Kier alpha value is 2.12. The Kier molecular flexibility index (Phi) is 16.0. The van der Waals surface area contributed by atoms with Crippen LogP contribution in [-0.4, -0.2) is 143 Å². The van der Waals surface area contributed by atoms with Gasteiger partial charge in [0, 0.05) is 6.42 Å². The molecule has 0 bridgehead atoms. The molecule has 0 radical (unpaired) electrons. The summed E-state index contributed by atoms with van der Waals surface area (Å²) in [7, 11) is -4.65. The Morgan fingerprint density at radius 2 is 1.56 bits per heavy atom. The van der Waals surface area contributed by atoms with Gasteiger partial charge in [-0.05, 0) is 12.8 Å². The van der Waals surface area contributed by atoms with Crippen LogP contribution in [0.25, 0.3) is 0 Å². The van der Waals surface area contributed by atoms with Crippen LogP contribution in [0.15, 0.2) is 0 Å². The van der Waals surface area contributed by atoms with E-state index in [0.717, 1.165) is 0 Å². The first-order valence-electron chi connectivity index (χ1n) is 3.66. The van der Waals surface area contributed by atoms with Crippen LogP contribution in [0.1, 0.15) is 19.3 Å². The van der Waals surface area contributed by atoms with E-state index in [0.29, 0.717) is 0 Å². The molecule has 1 unspecified atom stereocenters. The fourth-order valence-corrected chi connectivity index (χ4v) is 1.56. The van der Waals surface area contributed by atoms with Crippen LogP contribution >= 0.6 is 0 Å². The predicted octanol–water partition coefficient (Wildman–Crippen LogP) is -1.71. The summed E-state index contributed by atoms with van der Waals surface area (Å²) in [6, 6.07) is 0. The molecule has 0 saturated heterocycles. The van der Waals surface area contributed by atoms with Crippen LogP contribution in [0.5, 0.6) is 0 Å². The van der Waals surface area contributed by atoms with Gasteiger partial charge in [0.25, 0.3) is 10.1 Å². The van der Waals surface area contributed by atoms with Gasteiger partial charge in [0.2, 0.25) is 0 Å². The standard InChI is InChI=1S/C6H10O7S.2K.2H/c7-5(8)3-1-2-4(6(9)10)14(11,12)13;;;;/h4H,1-3H2,(H,7,8)(H,9,10)(H,11,12,13);;;;. The molecule has 0 amide bonds. The maximum atomic E-state index is 10.5. The Balaban J connectivity index is -0.000000845. The Morgan fingerprint density at radius 3 is 1.81 bits per heavy atom. The van der Waals surface area contributed by atoms with E-state index in [1.165, 1.54) is 0 Å². The molecule has 0 rings (SSSR count). The van der Waals surface area contributed by atoms with E-state index in [1.807, 2.05) is 0 Å². The van der Waals surface area contributed by atoms with Crippen molar-refractivity contribution in [1.82, 2.24) is 0 Å². The molecule has 1 atom stereocenters. The van der Waals surface area contributed by atoms with Crippen LogP contribution in [0.2, 0.25) is 0 Å². The number of carbonyl (C=O) groups is 2. The van der Waals surface area contributed by atoms with Gasteiger partial charge >= 0.3 is 115 Å². The molecule has 0 heterocycles. The SMILES string of the molecule is O=C(O)CCCC(C(=O)O)S(=O)(=O)O.[KH].[KH]. The molecule has 86 valence electrons. The first-order valence-corrected chi connectivity index (χ1v) is 5.16. The first kappa shape index (κ1) is 23.2. The summed E-state index contributed by atoms with van der Waals surface area (Å²) in [5.41, 5.74) is 0. The van der Waals surface area contributed by atoms with Crippen molar-refractivity contribution in [1.29, 1.82) is 0 Å². The molecule has 10 heteroatoms. The van der Waals surface area contributed by atoms with Gasteiger partial charge in [-0.15, -0.1) is 0 Å². The molecule has 0 aliphatic heterocycles. The van der Waals surface area contributed by atoms with Gasteiger partial charge in [-0.3, -0.25) is 14.1 Å². The average Bonchev–Trinajstić information content (AvgIpc) is 1.94. The van der Waals surface area contributed by atoms with Crippen molar-refractivity contribution in [3.8, 4) is 0 Å². The molecule has 0 aromatic rings. The molecule has 7 nitrogen and oxygen atoms in total. The molecular weight excluding hydrogens is 294 g/mol. The van der Waals surface area contributed by atoms with Crippen molar-refractivity contribution in [2.75, 3.05) is 0 Å². The summed E-state index contributed by atoms with van der Waals surface area (Å²) >= 11 is 0. The fourth-order valence-electron chi connectivity index (χ4n) is 0.838. The zero-order valence-electron chi connectivity index (χ0n) is 7.08. The van der Waals surface area contributed by atoms with Gasteiger partial charge in [-0.1, -0.05) is 0 Å². The van der Waals surface area contributed by atoms with E-state index in [-0.39, 0.29) is 116 Å². The molecule has 3 N–H and O–H groups in total. The number of hydrogen-bond donors (Lipinski definition) is 3. The maximum absolute atomic E-state index is 10.5. The van der Waals surface area contributed by atoms with Crippen molar-refractivity contribution in [2.24, 2.45) is 0 Å². The van der Waals surface area contributed by atoms with E-state index in [9.17, 15) is 18.0 Å². The van der Waals surface area contributed by atoms with Crippen LogP contribution in [0, 0.1) is 0 Å². The van der Waals surface area contributed by atoms with E-state index in [1.54, 1.807) is 0 Å². The molecule has 16 heavy (non-hydrogen) atoms. The summed E-state index contributed by atoms with van der Waals surface area (Å²) in [5, 5.41) is 14.7. The van der Waals surface area contributed by atoms with Gasteiger partial charge in [-0.2, -0.15) is 8.42 Å². The third kappa shape index (κ3) is 11.2. The molecule has 0 spiro atoms. The number of carboxylic acid groups (broad SMARTS) is 2. The van der Waals surface area contributed by atoms with E-state index >= 15 is 0 Å². The van der Waals surface area contributed by atoms with Gasteiger partial charge in [-0.25, -0.2) is 0 Å². The van der Waals surface area contributed by atoms with Crippen LogP contribution in [0.3, 0.4) is 0 Å². The third-order valence-electron chi connectivity index (χ3n) is 1.49. The van der Waals surface area contributed by atoms with Crippen molar-refractivity contribution in [2.45, 2.75) is 24.5 Å². The Morgan fingerprint density at radius 1 is 1.12 bits per heavy atom. The summed E-state index contributed by atoms with van der Waals surface area (Å²) in [6.07, 6.45) is -0.869. The zero-order valence-corrected chi connectivity index (χ0v) is 7.90. The third-order valence-corrected chi connectivity index (χ3v) is 2.65. The normalized spacial score (nSPS) is 11.8. The van der Waals surface area contributed by atoms with Crippen LogP contribution in [-0.2, 0) is 19.7 Å². The minimum atomic E-state index is -4.65. The van der Waals surface area contributed by atoms with Crippen LogP contribution < -0.4 is 0 Å². The monoisotopic (exact) mass is 306 g/mol. The molecule has 0 aromatic heterocycles. The second kappa shape index (κ2) is 11.0. The summed E-state index contributed by atoms with van der Waals surface area (Å²) in [6.45, 7) is 0. The molecule has 0 aliphatic carbocycles. The van der Waals surface area contributed by atoms with Gasteiger partial charge in [0.1, 0.15) is 0 Å². The molecule has 0 aromatic carbocycles. The fraction of sp³-hybridized carbons (Fsp3) is 0.667.